The smallest absolute Gasteiger partial charge is 0.270 e. The van der Waals surface area contributed by atoms with Crippen LogP contribution in [0.3, 0.4) is 0 Å². The van der Waals surface area contributed by atoms with Gasteiger partial charge in [-0.05, 0) is 0 Å². The fraction of sp³-hybridized carbons (Fsp3) is 0.200. The maximum absolute atomic E-state index is 10.3. The summed E-state index contributed by atoms with van der Waals surface area (Å²) in [5, 5.41) is 17.6. The summed E-state index contributed by atoms with van der Waals surface area (Å²) in [4.78, 5) is 27.7. The summed E-state index contributed by atoms with van der Waals surface area (Å²) < 4.78 is 0. The van der Waals surface area contributed by atoms with Crippen molar-refractivity contribution in [1.29, 1.82) is 0 Å². The molecular weight excluding hydrogens is 240 g/mol. The third-order valence-electron chi connectivity index (χ3n) is 2.02. The van der Waals surface area contributed by atoms with E-state index in [4.69, 9.17) is 21.7 Å². The first-order chi connectivity index (χ1) is 8.43. The van der Waals surface area contributed by atoms with Gasteiger partial charge in [0, 0.05) is 25.3 Å². The van der Waals surface area contributed by atoms with E-state index < -0.39 is 11.8 Å². The molecule has 18 heavy (non-hydrogen) atoms. The first-order valence-corrected chi connectivity index (χ1v) is 4.92. The van der Waals surface area contributed by atoms with Crippen LogP contribution >= 0.6 is 0 Å². The van der Waals surface area contributed by atoms with Crippen molar-refractivity contribution < 1.29 is 19.8 Å². The Hall–Kier alpha value is -2.64. The molecule has 0 aliphatic carbocycles. The van der Waals surface area contributed by atoms with Gasteiger partial charge in [0.2, 0.25) is 0 Å². The monoisotopic (exact) mass is 252 g/mol. The molecule has 6 N–H and O–H groups in total. The summed E-state index contributed by atoms with van der Waals surface area (Å²) in [6, 6.07) is 0. The maximum Gasteiger partial charge on any atom is 0.270 e. The first-order valence-electron chi connectivity index (χ1n) is 4.92. The van der Waals surface area contributed by atoms with Crippen LogP contribution in [0.25, 0.3) is 0 Å². The quantitative estimate of drug-likeness (QED) is 0.520. The first kappa shape index (κ1) is 13.4. The van der Waals surface area contributed by atoms with E-state index in [0.717, 1.165) is 0 Å². The van der Waals surface area contributed by atoms with Crippen LogP contribution in [0, 0.1) is 0 Å². The molecule has 96 valence electrons. The highest BCUT2D eigenvalue weighted by atomic mass is 16.3. The van der Waals surface area contributed by atoms with Gasteiger partial charge in [0.25, 0.3) is 11.8 Å². The fourth-order valence-electron chi connectivity index (χ4n) is 1.20. The van der Waals surface area contributed by atoms with Crippen molar-refractivity contribution in [1.82, 2.24) is 0 Å². The van der Waals surface area contributed by atoms with E-state index >= 15 is 0 Å². The van der Waals surface area contributed by atoms with Crippen molar-refractivity contribution in [2.24, 2.45) is 21.5 Å². The van der Waals surface area contributed by atoms with Crippen molar-refractivity contribution in [3.8, 4) is 0 Å². The van der Waals surface area contributed by atoms with Gasteiger partial charge in [-0.25, -0.2) is 0 Å². The molecule has 0 bridgehead atoms. The van der Waals surface area contributed by atoms with Gasteiger partial charge < -0.3 is 21.7 Å². The van der Waals surface area contributed by atoms with Crippen LogP contribution in [0.2, 0.25) is 0 Å². The summed E-state index contributed by atoms with van der Waals surface area (Å²) >= 11 is 0. The van der Waals surface area contributed by atoms with Crippen LogP contribution in [-0.2, 0) is 9.59 Å². The molecule has 2 aliphatic rings. The second kappa shape index (κ2) is 5.62. The molecule has 0 radical (unpaired) electrons. The van der Waals surface area contributed by atoms with Crippen molar-refractivity contribution >= 4 is 24.2 Å². The Labute approximate surface area is 102 Å². The SMILES string of the molecule is NC(=O)C1=C(O)CC=N1.NC(=O)C1=C(O)CC=N1. The van der Waals surface area contributed by atoms with Gasteiger partial charge in [-0.3, -0.25) is 19.6 Å². The third-order valence-corrected chi connectivity index (χ3v) is 2.02. The molecule has 0 aromatic heterocycles. The zero-order chi connectivity index (χ0) is 13.7. The average Bonchev–Trinajstić information content (AvgIpc) is 2.87. The van der Waals surface area contributed by atoms with E-state index in [1.807, 2.05) is 0 Å². The molecule has 0 unspecified atom stereocenters. The molecule has 0 saturated carbocycles. The van der Waals surface area contributed by atoms with Crippen molar-refractivity contribution in [2.45, 2.75) is 12.8 Å². The fourth-order valence-corrected chi connectivity index (χ4v) is 1.20. The van der Waals surface area contributed by atoms with Gasteiger partial charge in [0.05, 0.1) is 0 Å². The zero-order valence-electron chi connectivity index (χ0n) is 9.33. The topological polar surface area (TPSA) is 151 Å². The Balaban J connectivity index is 0.000000180. The molecule has 0 aromatic carbocycles. The molecule has 0 fully saturated rings. The Morgan fingerprint density at radius 2 is 1.28 bits per heavy atom. The number of allylic oxidation sites excluding steroid dienone is 2. The van der Waals surface area contributed by atoms with Gasteiger partial charge in [-0.15, -0.1) is 0 Å². The molecule has 0 spiro atoms. The van der Waals surface area contributed by atoms with E-state index in [1.165, 1.54) is 12.4 Å². The van der Waals surface area contributed by atoms with Crippen molar-refractivity contribution in [3.63, 3.8) is 0 Å². The number of nitrogens with zero attached hydrogens (tertiary/aromatic N) is 2. The minimum absolute atomic E-state index is 0.0185. The highest BCUT2D eigenvalue weighted by molar-refractivity contribution is 5.96. The van der Waals surface area contributed by atoms with Crippen LogP contribution < -0.4 is 11.5 Å². The maximum atomic E-state index is 10.3. The highest BCUT2D eigenvalue weighted by Crippen LogP contribution is 2.11. The molecule has 2 aliphatic heterocycles. The van der Waals surface area contributed by atoms with Gasteiger partial charge >= 0.3 is 0 Å². The van der Waals surface area contributed by atoms with Crippen molar-refractivity contribution in [2.75, 3.05) is 0 Å². The number of carbonyl (C=O) groups excluding carboxylic acids is 2. The second-order valence-electron chi connectivity index (χ2n) is 3.35. The Morgan fingerprint density at radius 3 is 1.39 bits per heavy atom. The number of aliphatic imine (C=N–C) groups is 2. The molecule has 2 rings (SSSR count). The van der Waals surface area contributed by atoms with Crippen LogP contribution in [-0.4, -0.2) is 34.5 Å². The van der Waals surface area contributed by atoms with Gasteiger partial charge in [-0.2, -0.15) is 0 Å². The van der Waals surface area contributed by atoms with E-state index in [2.05, 4.69) is 9.98 Å². The largest absolute Gasteiger partial charge is 0.509 e. The molecule has 0 atom stereocenters. The summed E-state index contributed by atoms with van der Waals surface area (Å²) in [5.74, 6) is -1.44. The zero-order valence-corrected chi connectivity index (χ0v) is 9.33. The van der Waals surface area contributed by atoms with Crippen LogP contribution in [0.5, 0.6) is 0 Å². The minimum Gasteiger partial charge on any atom is -0.509 e. The number of nitrogens with two attached hydrogens (primary N) is 2. The Kier molecular flexibility index (Phi) is 4.19. The highest BCUT2D eigenvalue weighted by Gasteiger charge is 2.14. The Bertz CT molecular complexity index is 456. The van der Waals surface area contributed by atoms with Crippen LogP contribution in [0.4, 0.5) is 0 Å². The predicted molar refractivity (Wildman–Crippen MR) is 63.9 cm³/mol. The molecular formula is C10H12N4O4. The lowest BCUT2D eigenvalue weighted by Crippen LogP contribution is -2.12. The average molecular weight is 252 g/mol. The van der Waals surface area contributed by atoms with Crippen molar-refractivity contribution in [3.05, 3.63) is 22.9 Å². The molecule has 2 amide bonds. The lowest BCUT2D eigenvalue weighted by Gasteiger charge is -1.90. The molecule has 0 aromatic rings. The molecule has 8 nitrogen and oxygen atoms in total. The standard InChI is InChI=1S/2C5H6N2O2/c2*6-5(9)4-3(8)1-2-7-4/h2*2,8H,1H2,(H2,6,9). The number of hydrogen-bond acceptors (Lipinski definition) is 6. The van der Waals surface area contributed by atoms with Gasteiger partial charge in [0.15, 0.2) is 11.4 Å². The summed E-state index contributed by atoms with van der Waals surface area (Å²) in [5.41, 5.74) is 9.60. The summed E-state index contributed by atoms with van der Waals surface area (Å²) in [6.07, 6.45) is 3.52. The molecule has 8 heteroatoms. The molecule has 0 saturated heterocycles. The second-order valence-corrected chi connectivity index (χ2v) is 3.35. The van der Waals surface area contributed by atoms with E-state index in [0.29, 0.717) is 12.8 Å². The van der Waals surface area contributed by atoms with E-state index in [1.54, 1.807) is 0 Å². The van der Waals surface area contributed by atoms with Gasteiger partial charge in [-0.1, -0.05) is 0 Å². The predicted octanol–water partition coefficient (Wildman–Crippen LogP) is -0.568. The normalized spacial score (nSPS) is 16.9. The lowest BCUT2D eigenvalue weighted by atomic mass is 10.3. The number of aliphatic hydroxyl groups is 2. The number of hydrogen-bond donors (Lipinski definition) is 4. The summed E-state index contributed by atoms with van der Waals surface area (Å²) in [6.45, 7) is 0. The van der Waals surface area contributed by atoms with E-state index in [9.17, 15) is 9.59 Å². The van der Waals surface area contributed by atoms with E-state index in [-0.39, 0.29) is 22.9 Å². The minimum atomic E-state index is -0.679. The summed E-state index contributed by atoms with van der Waals surface area (Å²) in [7, 11) is 0. The van der Waals surface area contributed by atoms with Gasteiger partial charge in [0.1, 0.15) is 11.5 Å². The Morgan fingerprint density at radius 1 is 0.944 bits per heavy atom. The molecule has 2 heterocycles. The van der Waals surface area contributed by atoms with Crippen LogP contribution in [0.15, 0.2) is 32.9 Å². The number of rotatable bonds is 2. The number of primary amides is 2. The van der Waals surface area contributed by atoms with Crippen LogP contribution in [0.1, 0.15) is 12.8 Å². The lowest BCUT2D eigenvalue weighted by molar-refractivity contribution is -0.115. The number of amides is 2. The third kappa shape index (κ3) is 3.17. The number of carbonyl (C=O) groups is 2. The number of aliphatic hydroxyl groups excluding tert-OH is 2.